The molecule has 5 atom stereocenters. The normalized spacial score (nSPS) is 39.2. The minimum atomic E-state index is -0.257. The van der Waals surface area contributed by atoms with Gasteiger partial charge in [-0.25, -0.2) is 0 Å². The molecule has 0 aromatic carbocycles. The highest BCUT2D eigenvalue weighted by Gasteiger charge is 2.35. The molecule has 1 saturated heterocycles. The Bertz CT molecular complexity index is 353. The SMILES string of the molecule is Cl.NC[C@H]1CC[C@@H](C(=O)NC2CCC3CCCCC3C2)O1. The van der Waals surface area contributed by atoms with Gasteiger partial charge in [-0.3, -0.25) is 4.79 Å². The zero-order valence-electron chi connectivity index (χ0n) is 12.8. The molecule has 3 aliphatic rings. The lowest BCUT2D eigenvalue weighted by Gasteiger charge is -2.39. The van der Waals surface area contributed by atoms with E-state index in [9.17, 15) is 4.79 Å². The molecule has 1 amide bonds. The Labute approximate surface area is 134 Å². The van der Waals surface area contributed by atoms with Crippen molar-refractivity contribution in [2.24, 2.45) is 17.6 Å². The van der Waals surface area contributed by atoms with E-state index in [0.29, 0.717) is 12.6 Å². The summed E-state index contributed by atoms with van der Waals surface area (Å²) in [6.07, 6.45) is 10.8. The fraction of sp³-hybridized carbons (Fsp3) is 0.938. The van der Waals surface area contributed by atoms with Gasteiger partial charge >= 0.3 is 0 Å². The van der Waals surface area contributed by atoms with Crippen LogP contribution in [0.4, 0.5) is 0 Å². The number of rotatable bonds is 3. The van der Waals surface area contributed by atoms with Crippen LogP contribution in [0, 0.1) is 11.8 Å². The fourth-order valence-corrected chi connectivity index (χ4v) is 4.37. The minimum absolute atomic E-state index is 0. The van der Waals surface area contributed by atoms with E-state index in [1.165, 1.54) is 38.5 Å². The molecule has 0 bridgehead atoms. The molecule has 3 unspecified atom stereocenters. The first-order valence-corrected chi connectivity index (χ1v) is 8.42. The number of nitrogens with two attached hydrogens (primary N) is 1. The molecule has 0 radical (unpaired) electrons. The average molecular weight is 317 g/mol. The van der Waals surface area contributed by atoms with Crippen molar-refractivity contribution in [3.05, 3.63) is 0 Å². The Balaban J connectivity index is 0.00000161. The second-order valence-corrected chi connectivity index (χ2v) is 6.88. The molecule has 3 N–H and O–H groups in total. The maximum absolute atomic E-state index is 12.3. The third kappa shape index (κ3) is 4.11. The number of ether oxygens (including phenoxy) is 1. The van der Waals surface area contributed by atoms with Crippen LogP contribution in [0.3, 0.4) is 0 Å². The van der Waals surface area contributed by atoms with E-state index in [1.54, 1.807) is 0 Å². The maximum atomic E-state index is 12.3. The van der Waals surface area contributed by atoms with Gasteiger partial charge < -0.3 is 15.8 Å². The lowest BCUT2D eigenvalue weighted by molar-refractivity contribution is -0.133. The summed E-state index contributed by atoms with van der Waals surface area (Å²) >= 11 is 0. The first-order valence-electron chi connectivity index (χ1n) is 8.42. The molecule has 3 rings (SSSR count). The highest BCUT2D eigenvalue weighted by Crippen LogP contribution is 2.40. The summed E-state index contributed by atoms with van der Waals surface area (Å²) in [6.45, 7) is 0.525. The summed E-state index contributed by atoms with van der Waals surface area (Å²) in [5.41, 5.74) is 5.60. The van der Waals surface area contributed by atoms with Crippen LogP contribution in [0.15, 0.2) is 0 Å². The molecular weight excluding hydrogens is 288 g/mol. The molecule has 122 valence electrons. The van der Waals surface area contributed by atoms with E-state index >= 15 is 0 Å². The lowest BCUT2D eigenvalue weighted by Crippen LogP contribution is -2.45. The predicted molar refractivity (Wildman–Crippen MR) is 85.4 cm³/mol. The van der Waals surface area contributed by atoms with E-state index in [-0.39, 0.29) is 30.5 Å². The number of hydrogen-bond acceptors (Lipinski definition) is 3. The van der Waals surface area contributed by atoms with Gasteiger partial charge in [0.15, 0.2) is 0 Å². The van der Waals surface area contributed by atoms with Crippen LogP contribution in [0.1, 0.15) is 57.8 Å². The monoisotopic (exact) mass is 316 g/mol. The number of hydrogen-bond donors (Lipinski definition) is 2. The second-order valence-electron chi connectivity index (χ2n) is 6.88. The third-order valence-corrected chi connectivity index (χ3v) is 5.55. The van der Waals surface area contributed by atoms with Crippen molar-refractivity contribution in [2.75, 3.05) is 6.54 Å². The van der Waals surface area contributed by atoms with Crippen LogP contribution in [0.2, 0.25) is 0 Å². The molecule has 2 saturated carbocycles. The minimum Gasteiger partial charge on any atom is -0.364 e. The Morgan fingerprint density at radius 3 is 2.52 bits per heavy atom. The quantitative estimate of drug-likeness (QED) is 0.840. The van der Waals surface area contributed by atoms with Gasteiger partial charge in [-0.15, -0.1) is 12.4 Å². The zero-order chi connectivity index (χ0) is 13.9. The summed E-state index contributed by atoms with van der Waals surface area (Å²) < 4.78 is 5.68. The van der Waals surface area contributed by atoms with Crippen LogP contribution in [-0.2, 0) is 9.53 Å². The van der Waals surface area contributed by atoms with Crippen molar-refractivity contribution in [1.82, 2.24) is 5.32 Å². The Morgan fingerprint density at radius 2 is 1.81 bits per heavy atom. The van der Waals surface area contributed by atoms with Crippen molar-refractivity contribution >= 4 is 18.3 Å². The Kier molecular flexibility index (Phi) is 6.33. The highest BCUT2D eigenvalue weighted by molar-refractivity contribution is 5.85. The summed E-state index contributed by atoms with van der Waals surface area (Å²) in [7, 11) is 0. The first-order chi connectivity index (χ1) is 9.76. The van der Waals surface area contributed by atoms with Gasteiger partial charge in [-0.1, -0.05) is 25.7 Å². The van der Waals surface area contributed by atoms with Crippen LogP contribution in [0.5, 0.6) is 0 Å². The van der Waals surface area contributed by atoms with Crippen molar-refractivity contribution in [3.8, 4) is 0 Å². The Morgan fingerprint density at radius 1 is 1.05 bits per heavy atom. The number of nitrogens with one attached hydrogen (secondary N) is 1. The molecule has 4 nitrogen and oxygen atoms in total. The van der Waals surface area contributed by atoms with Gasteiger partial charge in [-0.2, -0.15) is 0 Å². The van der Waals surface area contributed by atoms with E-state index < -0.39 is 0 Å². The first kappa shape index (κ1) is 17.0. The molecule has 0 aromatic heterocycles. The van der Waals surface area contributed by atoms with E-state index in [4.69, 9.17) is 10.5 Å². The molecular formula is C16H29ClN2O2. The molecule has 0 spiro atoms. The van der Waals surface area contributed by atoms with Crippen LogP contribution < -0.4 is 11.1 Å². The van der Waals surface area contributed by atoms with E-state index in [2.05, 4.69) is 5.32 Å². The molecule has 1 aliphatic heterocycles. The van der Waals surface area contributed by atoms with E-state index in [0.717, 1.165) is 31.1 Å². The standard InChI is InChI=1S/C16H28N2O2.ClH/c17-10-14-7-8-15(20-14)16(19)18-13-6-5-11-3-1-2-4-12(11)9-13;/h11-15H,1-10,17H2,(H,18,19);1H/t11?,12?,13?,14-,15+;/m1./s1. The summed E-state index contributed by atoms with van der Waals surface area (Å²) in [6, 6.07) is 0.377. The molecule has 1 heterocycles. The van der Waals surface area contributed by atoms with Crippen molar-refractivity contribution < 1.29 is 9.53 Å². The van der Waals surface area contributed by atoms with Gasteiger partial charge in [0.25, 0.3) is 0 Å². The topological polar surface area (TPSA) is 64.4 Å². The largest absolute Gasteiger partial charge is 0.364 e. The number of fused-ring (bicyclic) bond motifs is 1. The number of carbonyl (C=O) groups excluding carboxylic acids is 1. The molecule has 3 fully saturated rings. The van der Waals surface area contributed by atoms with Crippen LogP contribution >= 0.6 is 12.4 Å². The molecule has 5 heteroatoms. The zero-order valence-corrected chi connectivity index (χ0v) is 13.6. The average Bonchev–Trinajstić information content (AvgIpc) is 2.96. The van der Waals surface area contributed by atoms with Crippen LogP contribution in [0.25, 0.3) is 0 Å². The Hall–Kier alpha value is -0.320. The predicted octanol–water partition coefficient (Wildman–Crippen LogP) is 2.39. The van der Waals surface area contributed by atoms with Gasteiger partial charge in [-0.05, 0) is 43.9 Å². The summed E-state index contributed by atoms with van der Waals surface area (Å²) in [5, 5.41) is 3.23. The molecule has 2 aliphatic carbocycles. The van der Waals surface area contributed by atoms with Gasteiger partial charge in [0.1, 0.15) is 6.10 Å². The third-order valence-electron chi connectivity index (χ3n) is 5.55. The molecule has 21 heavy (non-hydrogen) atoms. The fourth-order valence-electron chi connectivity index (χ4n) is 4.37. The second kappa shape index (κ2) is 7.80. The lowest BCUT2D eigenvalue weighted by atomic mass is 9.69. The van der Waals surface area contributed by atoms with Crippen molar-refractivity contribution in [2.45, 2.75) is 76.0 Å². The number of halogens is 1. The van der Waals surface area contributed by atoms with Gasteiger partial charge in [0, 0.05) is 12.6 Å². The number of carbonyl (C=O) groups is 1. The van der Waals surface area contributed by atoms with Gasteiger partial charge in [0.05, 0.1) is 6.10 Å². The molecule has 0 aromatic rings. The maximum Gasteiger partial charge on any atom is 0.249 e. The van der Waals surface area contributed by atoms with Crippen molar-refractivity contribution in [3.63, 3.8) is 0 Å². The van der Waals surface area contributed by atoms with E-state index in [1.807, 2.05) is 0 Å². The van der Waals surface area contributed by atoms with Gasteiger partial charge in [0.2, 0.25) is 5.91 Å². The smallest absolute Gasteiger partial charge is 0.249 e. The van der Waals surface area contributed by atoms with Crippen molar-refractivity contribution in [1.29, 1.82) is 0 Å². The van der Waals surface area contributed by atoms with Crippen LogP contribution in [-0.4, -0.2) is 30.7 Å². The number of amides is 1. The highest BCUT2D eigenvalue weighted by atomic mass is 35.5. The summed E-state index contributed by atoms with van der Waals surface area (Å²) in [5.74, 6) is 1.88. The summed E-state index contributed by atoms with van der Waals surface area (Å²) in [4.78, 5) is 12.3.